The lowest BCUT2D eigenvalue weighted by molar-refractivity contribution is -0.474. The number of nitrogens with zero attached hydrogens (tertiary/aromatic N) is 1. The Morgan fingerprint density at radius 3 is 2.65 bits per heavy atom. The van der Waals surface area contributed by atoms with E-state index >= 15 is 0 Å². The van der Waals surface area contributed by atoms with Crippen molar-refractivity contribution < 1.29 is 18.8 Å². The lowest BCUT2D eigenvalue weighted by atomic mass is 9.67. The number of hydrogen-bond acceptors (Lipinski definition) is 2. The van der Waals surface area contributed by atoms with Crippen molar-refractivity contribution in [1.29, 1.82) is 0 Å². The highest BCUT2D eigenvalue weighted by Gasteiger charge is 2.46. The van der Waals surface area contributed by atoms with Gasteiger partial charge in [0.1, 0.15) is 6.61 Å². The summed E-state index contributed by atoms with van der Waals surface area (Å²) in [7, 11) is 0. The highest BCUT2D eigenvalue weighted by molar-refractivity contribution is 5.53. The van der Waals surface area contributed by atoms with Gasteiger partial charge in [0, 0.05) is 12.1 Å². The van der Waals surface area contributed by atoms with Crippen LogP contribution < -0.4 is 5.84 Å². The molecule has 0 heterocycles. The molecule has 0 aliphatic heterocycles. The van der Waals surface area contributed by atoms with Gasteiger partial charge in [0.25, 0.3) is 11.6 Å². The number of halogens is 2. The van der Waals surface area contributed by atoms with Gasteiger partial charge in [0.2, 0.25) is 0 Å². The van der Waals surface area contributed by atoms with E-state index in [0.29, 0.717) is 12.0 Å². The molecular formula is C14H18F2N2O2+. The molecule has 1 aliphatic carbocycles. The van der Waals surface area contributed by atoms with Gasteiger partial charge in [-0.25, -0.2) is 8.78 Å². The molecule has 20 heavy (non-hydrogen) atoms. The smallest absolute Gasteiger partial charge is 0.291 e. The Morgan fingerprint density at radius 2 is 2.10 bits per heavy atom. The van der Waals surface area contributed by atoms with E-state index in [-0.39, 0.29) is 28.3 Å². The van der Waals surface area contributed by atoms with E-state index in [0.717, 1.165) is 5.56 Å². The number of hydrogen-bond donors (Lipinski definition) is 2. The molecule has 6 heteroatoms. The fourth-order valence-electron chi connectivity index (χ4n) is 2.69. The molecule has 0 saturated carbocycles. The topological polar surface area (TPSA) is 66.3 Å². The molecule has 0 saturated heterocycles. The van der Waals surface area contributed by atoms with Gasteiger partial charge in [0.05, 0.1) is 10.8 Å². The predicted octanol–water partition coefficient (Wildman–Crippen LogP) is 2.59. The van der Waals surface area contributed by atoms with Crippen LogP contribution in [0.5, 0.6) is 0 Å². The molecule has 1 aliphatic rings. The van der Waals surface area contributed by atoms with Crippen LogP contribution in [-0.4, -0.2) is 22.5 Å². The van der Waals surface area contributed by atoms with E-state index in [1.54, 1.807) is 6.07 Å². The maximum absolute atomic E-state index is 13.9. The van der Waals surface area contributed by atoms with Crippen molar-refractivity contribution in [1.82, 2.24) is 0 Å². The van der Waals surface area contributed by atoms with Crippen LogP contribution in [0, 0.1) is 10.8 Å². The second-order valence-corrected chi connectivity index (χ2v) is 5.78. The van der Waals surface area contributed by atoms with Gasteiger partial charge in [-0.1, -0.05) is 19.9 Å². The Morgan fingerprint density at radius 1 is 1.45 bits per heavy atom. The zero-order chi connectivity index (χ0) is 15.1. The van der Waals surface area contributed by atoms with Crippen molar-refractivity contribution in [3.63, 3.8) is 0 Å². The molecule has 109 valence electrons. The summed E-state index contributed by atoms with van der Waals surface area (Å²) < 4.78 is 27.8. The first-order valence-electron chi connectivity index (χ1n) is 6.41. The van der Waals surface area contributed by atoms with Crippen LogP contribution in [-0.2, 0) is 5.41 Å². The minimum atomic E-state index is -3.29. The number of nitrogens with two attached hydrogens (primary N) is 1. The van der Waals surface area contributed by atoms with Crippen molar-refractivity contribution in [3.8, 4) is 0 Å². The second kappa shape index (κ2) is 4.77. The summed E-state index contributed by atoms with van der Waals surface area (Å²) in [6.07, 6.45) is 0.744. The number of benzene rings is 1. The zero-order valence-electron chi connectivity index (χ0n) is 11.5. The molecule has 0 unspecified atom stereocenters. The summed E-state index contributed by atoms with van der Waals surface area (Å²) in [4.78, 5) is 11.3. The first-order chi connectivity index (χ1) is 9.19. The van der Waals surface area contributed by atoms with Crippen molar-refractivity contribution in [2.75, 3.05) is 6.61 Å². The van der Waals surface area contributed by atoms with Gasteiger partial charge in [-0.2, -0.15) is 5.84 Å². The number of alkyl halides is 2. The monoisotopic (exact) mass is 284 g/mol. The molecule has 0 spiro atoms. The van der Waals surface area contributed by atoms with E-state index < -0.39 is 12.5 Å². The Kier molecular flexibility index (Phi) is 3.54. The third-order valence-electron chi connectivity index (χ3n) is 3.95. The highest BCUT2D eigenvalue weighted by atomic mass is 19.3. The van der Waals surface area contributed by atoms with Gasteiger partial charge >= 0.3 is 0 Å². The molecule has 1 radical (unpaired) electrons. The van der Waals surface area contributed by atoms with E-state index in [9.17, 15) is 13.7 Å². The van der Waals surface area contributed by atoms with Crippen LogP contribution in [0.15, 0.2) is 18.2 Å². The number of hydrazine groups is 1. The molecule has 3 N–H and O–H groups in total. The summed E-state index contributed by atoms with van der Waals surface area (Å²) in [5.74, 6) is 1.72. The van der Waals surface area contributed by atoms with Gasteiger partial charge in [-0.15, -0.1) is 0 Å². The fraction of sp³-hybridized carbons (Fsp3) is 0.500. The normalized spacial score (nSPS) is 18.6. The first kappa shape index (κ1) is 14.8. The lowest BCUT2D eigenvalue weighted by Crippen LogP contribution is -2.38. The molecule has 1 aromatic carbocycles. The molecule has 1 aromatic rings. The second-order valence-electron chi connectivity index (χ2n) is 5.78. The average Bonchev–Trinajstić information content (AvgIpc) is 2.37. The van der Waals surface area contributed by atoms with Crippen LogP contribution in [0.1, 0.15) is 37.8 Å². The van der Waals surface area contributed by atoms with Crippen molar-refractivity contribution in [2.24, 2.45) is 5.84 Å². The van der Waals surface area contributed by atoms with Crippen LogP contribution in [0.2, 0.25) is 0 Å². The van der Waals surface area contributed by atoms with Crippen molar-refractivity contribution in [2.45, 2.75) is 38.0 Å². The minimum absolute atomic E-state index is 0.118. The first-order valence-corrected chi connectivity index (χ1v) is 6.41. The predicted molar refractivity (Wildman–Crippen MR) is 70.6 cm³/mol. The standard InChI is InChI=1S/C14H18F2N2O2/c1-13(2)6-5-12(14(15,16)8-19)10-7-9(18(17)20)3-4-11(10)13/h3-4,7,19H,5-6,8H2,1-2H3,(H2,17,20)/q+1. The number of nitroso groups, excluding NO2 is 1. The van der Waals surface area contributed by atoms with Gasteiger partial charge in [0.15, 0.2) is 4.87 Å². The molecular weight excluding hydrogens is 266 g/mol. The summed E-state index contributed by atoms with van der Waals surface area (Å²) in [5, 5.41) is 8.91. The Bertz CT molecular complexity index is 544. The largest absolute Gasteiger partial charge is 0.390 e. The zero-order valence-corrected chi connectivity index (χ0v) is 11.5. The molecule has 0 aromatic heterocycles. The third kappa shape index (κ3) is 2.40. The Labute approximate surface area is 116 Å². The van der Waals surface area contributed by atoms with Crippen LogP contribution in [0.25, 0.3) is 0 Å². The van der Waals surface area contributed by atoms with Gasteiger partial charge < -0.3 is 5.11 Å². The SMILES string of the molecule is CC1(C)CC[C](C(F)(F)CO)c2cc([N+](N)=O)ccc21. The quantitative estimate of drug-likeness (QED) is 0.509. The number of fused-ring (bicyclic) bond motifs is 1. The average molecular weight is 284 g/mol. The van der Waals surface area contributed by atoms with E-state index in [4.69, 9.17) is 10.9 Å². The summed E-state index contributed by atoms with van der Waals surface area (Å²) in [5.41, 5.74) is 0.930. The number of rotatable bonds is 3. The summed E-state index contributed by atoms with van der Waals surface area (Å²) >= 11 is 0. The van der Waals surface area contributed by atoms with Crippen LogP contribution >= 0.6 is 0 Å². The molecule has 0 fully saturated rings. The Balaban J connectivity index is 2.59. The minimum Gasteiger partial charge on any atom is -0.390 e. The number of aliphatic hydroxyl groups is 1. The number of aliphatic hydroxyl groups excluding tert-OH is 1. The molecule has 2 rings (SSSR count). The van der Waals surface area contributed by atoms with E-state index in [1.165, 1.54) is 12.1 Å². The fourth-order valence-corrected chi connectivity index (χ4v) is 2.69. The maximum Gasteiger partial charge on any atom is 0.291 e. The van der Waals surface area contributed by atoms with E-state index in [2.05, 4.69) is 0 Å². The molecule has 0 atom stereocenters. The summed E-state index contributed by atoms with van der Waals surface area (Å²) in [6.45, 7) is 2.70. The van der Waals surface area contributed by atoms with Crippen LogP contribution in [0.4, 0.5) is 14.5 Å². The third-order valence-corrected chi connectivity index (χ3v) is 3.95. The van der Waals surface area contributed by atoms with Crippen molar-refractivity contribution in [3.05, 3.63) is 40.2 Å². The lowest BCUT2D eigenvalue weighted by Gasteiger charge is -2.38. The van der Waals surface area contributed by atoms with Gasteiger partial charge in [-0.3, -0.25) is 0 Å². The Hall–Kier alpha value is -1.56. The molecule has 4 nitrogen and oxygen atoms in total. The van der Waals surface area contributed by atoms with Crippen molar-refractivity contribution >= 4 is 5.69 Å². The van der Waals surface area contributed by atoms with Crippen LogP contribution in [0.3, 0.4) is 0 Å². The maximum atomic E-state index is 13.9. The molecule has 0 bridgehead atoms. The van der Waals surface area contributed by atoms with E-state index in [1.807, 2.05) is 13.8 Å². The summed E-state index contributed by atoms with van der Waals surface area (Å²) in [6, 6.07) is 4.56. The molecule has 0 amide bonds. The highest BCUT2D eigenvalue weighted by Crippen LogP contribution is 2.48. The van der Waals surface area contributed by atoms with Gasteiger partial charge in [-0.05, 0) is 29.4 Å².